The number of nitrogens with zero attached hydrogens (tertiary/aromatic N) is 2. The molecule has 1 heterocycles. The summed E-state index contributed by atoms with van der Waals surface area (Å²) in [5.74, 6) is -2.45. The second-order valence-electron chi connectivity index (χ2n) is 19.0. The van der Waals surface area contributed by atoms with E-state index in [1.807, 2.05) is 0 Å². The Balaban J connectivity index is 1.76. The van der Waals surface area contributed by atoms with Crippen molar-refractivity contribution in [2.75, 3.05) is 11.5 Å². The lowest BCUT2D eigenvalue weighted by Gasteiger charge is -2.42. The largest absolute Gasteiger partial charge is 0.490 e. The monoisotopic (exact) mass is 855 g/mol. The topological polar surface area (TPSA) is 119 Å². The van der Waals surface area contributed by atoms with E-state index < -0.39 is 70.0 Å². The van der Waals surface area contributed by atoms with E-state index in [9.17, 15) is 32.3 Å². The summed E-state index contributed by atoms with van der Waals surface area (Å²) in [5.41, 5.74) is -1.84. The fourth-order valence-electron chi connectivity index (χ4n) is 5.78. The number of pyridine rings is 1. The second-order valence-corrected chi connectivity index (χ2v) is 28.5. The van der Waals surface area contributed by atoms with Crippen molar-refractivity contribution in [3.63, 3.8) is 0 Å². The molecule has 1 atom stereocenters. The Bertz CT molecular complexity index is 1990. The molecule has 1 unspecified atom stereocenters. The van der Waals surface area contributed by atoms with Crippen molar-refractivity contribution >= 4 is 45.4 Å². The van der Waals surface area contributed by atoms with Gasteiger partial charge in [-0.15, -0.1) is 0 Å². The number of carbonyl (C=O) groups is 2. The van der Waals surface area contributed by atoms with Crippen LogP contribution in [0.1, 0.15) is 97.9 Å². The predicted octanol–water partition coefficient (Wildman–Crippen LogP) is 11.7. The molecule has 0 spiro atoms. The molecule has 2 amide bonds. The van der Waals surface area contributed by atoms with Crippen molar-refractivity contribution in [1.29, 1.82) is 0 Å². The molecule has 0 aliphatic heterocycles. The van der Waals surface area contributed by atoms with Crippen LogP contribution in [0.15, 0.2) is 36.5 Å². The Hall–Kier alpha value is -3.65. The van der Waals surface area contributed by atoms with Gasteiger partial charge < -0.3 is 28.7 Å². The summed E-state index contributed by atoms with van der Waals surface area (Å²) >= 11 is 0. The fourth-order valence-corrected chi connectivity index (χ4v) is 8.04. The molecule has 10 nitrogen and oxygen atoms in total. The summed E-state index contributed by atoms with van der Waals surface area (Å²) in [6, 6.07) is 4.99. The van der Waals surface area contributed by atoms with Gasteiger partial charge in [-0.05, 0) is 111 Å². The van der Waals surface area contributed by atoms with Crippen molar-refractivity contribution < 1.29 is 55.0 Å². The number of carboxylic acid groups (broad SMARTS) is 1. The van der Waals surface area contributed by atoms with Gasteiger partial charge >= 0.3 is 18.4 Å². The van der Waals surface area contributed by atoms with Crippen LogP contribution in [0.3, 0.4) is 0 Å². The minimum absolute atomic E-state index is 0.0496. The number of rotatable bonds is 12. The molecule has 3 aromatic rings. The van der Waals surface area contributed by atoms with Crippen LogP contribution < -0.4 is 15.0 Å². The van der Waals surface area contributed by atoms with E-state index >= 15 is 4.39 Å². The molecule has 0 radical (unpaired) electrons. The van der Waals surface area contributed by atoms with Crippen molar-refractivity contribution in [2.45, 2.75) is 148 Å². The first-order valence-electron chi connectivity index (χ1n) is 19.3. The maximum Gasteiger partial charge on any atom is 0.425 e. The number of aromatic nitrogens is 1. The van der Waals surface area contributed by atoms with Crippen molar-refractivity contribution in [3.8, 4) is 5.75 Å². The van der Waals surface area contributed by atoms with Gasteiger partial charge in [0.2, 0.25) is 0 Å². The van der Waals surface area contributed by atoms with E-state index in [0.29, 0.717) is 40.8 Å². The summed E-state index contributed by atoms with van der Waals surface area (Å²) in [5, 5.41) is 13.8. The molecule has 58 heavy (non-hydrogen) atoms. The van der Waals surface area contributed by atoms with E-state index in [1.165, 1.54) is 18.3 Å². The van der Waals surface area contributed by atoms with Gasteiger partial charge in [0.15, 0.2) is 16.6 Å². The van der Waals surface area contributed by atoms with Crippen LogP contribution in [-0.4, -0.2) is 63.3 Å². The number of nitrogens with one attached hydrogen (secondary N) is 1. The smallest absolute Gasteiger partial charge is 0.425 e. The quantitative estimate of drug-likeness (QED) is 0.135. The van der Waals surface area contributed by atoms with Gasteiger partial charge in [0.05, 0.1) is 18.3 Å². The Labute approximate surface area is 340 Å². The molecule has 1 aromatic heterocycles. The normalized spacial score (nSPS) is 17.5. The average molecular weight is 856 g/mol. The number of amides is 2. The number of anilines is 1. The lowest BCUT2D eigenvalue weighted by Crippen LogP contribution is -2.46. The number of imide groups is 1. The standard InChI is InChI=1S/C41H58F5N3O7Si2/c1-38(2,3)55-37(52)49(36(50)51)35-20-27-29(21-48-35)28(34(56-58(12,13)40(7,8)9)23-53-57(10,11)39(4,5)6)19-33(43)30(27)22-47-24-16-26(17-24)54-25-14-15-32(42)31(18-25)41(44,45)46/h14-15,18-21,24,26,34,47H,16-17,22-23H2,1-13H3,(H,50,51). The third-order valence-electron chi connectivity index (χ3n) is 11.3. The Morgan fingerprint density at radius 1 is 0.897 bits per heavy atom. The molecule has 1 fully saturated rings. The Morgan fingerprint density at radius 3 is 2.03 bits per heavy atom. The highest BCUT2D eigenvalue weighted by molar-refractivity contribution is 6.74. The van der Waals surface area contributed by atoms with Gasteiger partial charge in [0, 0.05) is 29.7 Å². The van der Waals surface area contributed by atoms with Crippen LogP contribution in [0.5, 0.6) is 5.75 Å². The van der Waals surface area contributed by atoms with E-state index in [4.69, 9.17) is 18.3 Å². The average Bonchev–Trinajstić information content (AvgIpc) is 3.02. The number of fused-ring (bicyclic) bond motifs is 1. The van der Waals surface area contributed by atoms with Crippen molar-refractivity contribution in [2.24, 2.45) is 0 Å². The molecular formula is C41H58F5N3O7Si2. The summed E-state index contributed by atoms with van der Waals surface area (Å²) in [6.07, 6.45) is -6.80. The number of ether oxygens (including phenoxy) is 2. The molecule has 2 aromatic carbocycles. The highest BCUT2D eigenvalue weighted by atomic mass is 28.4. The molecular weight excluding hydrogens is 798 g/mol. The molecule has 0 saturated heterocycles. The first kappa shape index (κ1) is 47.0. The van der Waals surface area contributed by atoms with Crippen molar-refractivity contribution in [3.05, 3.63) is 64.9 Å². The van der Waals surface area contributed by atoms with E-state index in [0.717, 1.165) is 6.07 Å². The van der Waals surface area contributed by atoms with Crippen LogP contribution >= 0.6 is 0 Å². The highest BCUT2D eigenvalue weighted by Crippen LogP contribution is 2.44. The molecule has 1 aliphatic rings. The number of alkyl halides is 3. The number of halogens is 5. The molecule has 0 bridgehead atoms. The van der Waals surface area contributed by atoms with E-state index in [1.54, 1.807) is 20.8 Å². The zero-order valence-electron chi connectivity index (χ0n) is 35.7. The van der Waals surface area contributed by atoms with Crippen LogP contribution in [0.25, 0.3) is 10.8 Å². The predicted molar refractivity (Wildman–Crippen MR) is 218 cm³/mol. The Morgan fingerprint density at radius 2 is 1.50 bits per heavy atom. The van der Waals surface area contributed by atoms with Crippen LogP contribution in [0.2, 0.25) is 36.3 Å². The van der Waals surface area contributed by atoms with Gasteiger partial charge in [-0.2, -0.15) is 18.1 Å². The molecule has 4 rings (SSSR count). The number of carbonyl (C=O) groups excluding carboxylic acids is 1. The lowest BCUT2D eigenvalue weighted by molar-refractivity contribution is -0.140. The maximum atomic E-state index is 16.7. The van der Waals surface area contributed by atoms with E-state index in [2.05, 4.69) is 78.0 Å². The molecule has 17 heteroatoms. The second kappa shape index (κ2) is 16.8. The van der Waals surface area contributed by atoms with Gasteiger partial charge in [-0.3, -0.25) is 0 Å². The molecule has 1 saturated carbocycles. The highest BCUT2D eigenvalue weighted by Gasteiger charge is 2.43. The van der Waals surface area contributed by atoms with Crippen LogP contribution in [-0.2, 0) is 26.3 Å². The van der Waals surface area contributed by atoms with Gasteiger partial charge in [-0.25, -0.2) is 23.4 Å². The maximum absolute atomic E-state index is 16.7. The van der Waals surface area contributed by atoms with Gasteiger partial charge in [0.25, 0.3) is 0 Å². The third kappa shape index (κ3) is 11.1. The van der Waals surface area contributed by atoms with Gasteiger partial charge in [0.1, 0.15) is 34.9 Å². The zero-order chi connectivity index (χ0) is 44.0. The van der Waals surface area contributed by atoms with Gasteiger partial charge in [-0.1, -0.05) is 41.5 Å². The molecule has 2 N–H and O–H groups in total. The van der Waals surface area contributed by atoms with Crippen LogP contribution in [0, 0.1) is 11.6 Å². The lowest BCUT2D eigenvalue weighted by atomic mass is 9.88. The number of hydrogen-bond donors (Lipinski definition) is 2. The first-order valence-corrected chi connectivity index (χ1v) is 25.1. The third-order valence-corrected chi connectivity index (χ3v) is 20.3. The summed E-state index contributed by atoms with van der Waals surface area (Å²) in [4.78, 5) is 30.4. The molecule has 322 valence electrons. The number of benzene rings is 2. The molecule has 1 aliphatic carbocycles. The SMILES string of the molecule is CC(C)(C)OC(=O)N(C(=O)O)c1cc2c(CNC3CC(Oc4ccc(F)c(C(F)(F)F)c4)C3)c(F)cc(C(CO[Si](C)(C)C(C)(C)C)O[Si](C)(C)C(C)(C)C)c2cn1. The zero-order valence-corrected chi connectivity index (χ0v) is 37.7. The minimum atomic E-state index is -4.88. The van der Waals surface area contributed by atoms with E-state index in [-0.39, 0.29) is 51.8 Å². The summed E-state index contributed by atoms with van der Waals surface area (Å²) < 4.78 is 95.1. The Kier molecular flexibility index (Phi) is 13.6. The van der Waals surface area contributed by atoms with Crippen molar-refractivity contribution in [1.82, 2.24) is 10.3 Å². The first-order chi connectivity index (χ1) is 26.3. The fraction of sp³-hybridized carbons (Fsp3) is 0.585. The minimum Gasteiger partial charge on any atom is -0.490 e. The summed E-state index contributed by atoms with van der Waals surface area (Å²) in [7, 11) is -4.86. The number of hydrogen-bond acceptors (Lipinski definition) is 8. The summed E-state index contributed by atoms with van der Waals surface area (Å²) in [6.45, 7) is 25.9. The van der Waals surface area contributed by atoms with Crippen LogP contribution in [0.4, 0.5) is 37.4 Å².